The molecule has 0 radical (unpaired) electrons. The summed E-state index contributed by atoms with van der Waals surface area (Å²) in [5.74, 6) is 0.698. The van der Waals surface area contributed by atoms with Gasteiger partial charge in [-0.3, -0.25) is 0 Å². The molecule has 1 rings (SSSR count). The molecule has 0 spiro atoms. The molecule has 1 aromatic carbocycles. The summed E-state index contributed by atoms with van der Waals surface area (Å²) in [6, 6.07) is 4.19. The number of hydrogen-bond acceptors (Lipinski definition) is 3. The quantitative estimate of drug-likeness (QED) is 0.701. The fourth-order valence-corrected chi connectivity index (χ4v) is 2.63. The average molecular weight is 284 g/mol. The van der Waals surface area contributed by atoms with Crippen LogP contribution < -0.4 is 4.52 Å². The van der Waals surface area contributed by atoms with E-state index in [2.05, 4.69) is 32.9 Å². The summed E-state index contributed by atoms with van der Waals surface area (Å²) in [6.07, 6.45) is 6.25. The first-order chi connectivity index (χ1) is 9.08. The minimum Gasteiger partial charge on any atom is -0.426 e. The first-order valence-electron chi connectivity index (χ1n) is 7.06. The molecule has 0 atom stereocenters. The van der Waals surface area contributed by atoms with E-state index >= 15 is 0 Å². The topological polar surface area (TPSA) is 49.7 Å². The zero-order valence-electron chi connectivity index (χ0n) is 12.1. The number of aryl methyl sites for hydroxylation is 3. The van der Waals surface area contributed by atoms with Gasteiger partial charge in [0.25, 0.3) is 0 Å². The second kappa shape index (κ2) is 8.52. The Labute approximate surface area is 117 Å². The van der Waals surface area contributed by atoms with Crippen molar-refractivity contribution in [3.8, 4) is 5.75 Å². The van der Waals surface area contributed by atoms with E-state index in [9.17, 15) is 9.79 Å². The molecule has 108 valence electrons. The van der Waals surface area contributed by atoms with Gasteiger partial charge in [0.05, 0.1) is 0 Å². The van der Waals surface area contributed by atoms with Crippen molar-refractivity contribution in [3.63, 3.8) is 0 Å². The Bertz CT molecular complexity index is 362. The Hall–Kier alpha value is -0.630. The molecular formula is C15H25O3P. The Morgan fingerprint density at radius 3 is 1.84 bits per heavy atom. The Balaban J connectivity index is 3.06. The molecule has 1 aromatic rings. The fourth-order valence-electron chi connectivity index (χ4n) is 2.23. The lowest BCUT2D eigenvalue weighted by Crippen LogP contribution is -2.00. The predicted octanol–water partition coefficient (Wildman–Crippen LogP) is 4.27. The van der Waals surface area contributed by atoms with Gasteiger partial charge in [0, 0.05) is 0 Å². The van der Waals surface area contributed by atoms with Crippen LogP contribution in [0.5, 0.6) is 5.75 Å². The van der Waals surface area contributed by atoms with Gasteiger partial charge in [-0.1, -0.05) is 44.4 Å². The lowest BCUT2D eigenvalue weighted by molar-refractivity contribution is 0.371. The molecular weight excluding hydrogens is 259 g/mol. The van der Waals surface area contributed by atoms with Crippen LogP contribution in [-0.4, -0.2) is 9.79 Å². The smallest absolute Gasteiger partial charge is 0.391 e. The lowest BCUT2D eigenvalue weighted by Gasteiger charge is -2.17. The van der Waals surface area contributed by atoms with Crippen LogP contribution in [0, 0.1) is 6.92 Å². The van der Waals surface area contributed by atoms with Gasteiger partial charge in [-0.15, -0.1) is 0 Å². The summed E-state index contributed by atoms with van der Waals surface area (Å²) < 4.78 is 5.30. The van der Waals surface area contributed by atoms with Crippen molar-refractivity contribution in [1.82, 2.24) is 0 Å². The minimum atomic E-state index is -2.35. The zero-order valence-corrected chi connectivity index (χ0v) is 13.0. The Morgan fingerprint density at radius 2 is 1.47 bits per heavy atom. The molecule has 0 amide bonds. The molecule has 19 heavy (non-hydrogen) atoms. The third kappa shape index (κ3) is 5.48. The standard InChI is InChI=1S/C15H25O3P/c1-4-6-8-13-10-12(3)11-14(9-7-5-2)15(13)18-19(16)17/h10-11,16-17H,4-9H2,1-3H3. The second-order valence-corrected chi connectivity index (χ2v) is 5.65. The molecule has 0 aliphatic rings. The van der Waals surface area contributed by atoms with Gasteiger partial charge in [-0.05, 0) is 43.7 Å². The summed E-state index contributed by atoms with van der Waals surface area (Å²) in [6.45, 7) is 6.38. The molecule has 0 saturated heterocycles. The summed E-state index contributed by atoms with van der Waals surface area (Å²) in [5.41, 5.74) is 3.41. The van der Waals surface area contributed by atoms with Crippen LogP contribution in [0.1, 0.15) is 56.2 Å². The predicted molar refractivity (Wildman–Crippen MR) is 80.4 cm³/mol. The normalized spacial score (nSPS) is 11.1. The number of rotatable bonds is 8. The highest BCUT2D eigenvalue weighted by atomic mass is 31.2. The largest absolute Gasteiger partial charge is 0.426 e. The third-order valence-corrected chi connectivity index (χ3v) is 3.51. The highest BCUT2D eigenvalue weighted by Crippen LogP contribution is 2.37. The summed E-state index contributed by atoms with van der Waals surface area (Å²) in [7, 11) is -2.35. The van der Waals surface area contributed by atoms with E-state index in [0.717, 1.165) is 49.7 Å². The summed E-state index contributed by atoms with van der Waals surface area (Å²) in [4.78, 5) is 18.3. The van der Waals surface area contributed by atoms with Crippen molar-refractivity contribution in [3.05, 3.63) is 28.8 Å². The molecule has 2 N–H and O–H groups in total. The van der Waals surface area contributed by atoms with Crippen LogP contribution in [-0.2, 0) is 12.8 Å². The van der Waals surface area contributed by atoms with Gasteiger partial charge < -0.3 is 14.3 Å². The second-order valence-electron chi connectivity index (χ2n) is 4.96. The van der Waals surface area contributed by atoms with Gasteiger partial charge in [0.1, 0.15) is 5.75 Å². The molecule has 0 unspecified atom stereocenters. The molecule has 4 heteroatoms. The van der Waals surface area contributed by atoms with E-state index in [-0.39, 0.29) is 0 Å². The molecule has 0 saturated carbocycles. The number of hydrogen-bond donors (Lipinski definition) is 2. The molecule has 0 bridgehead atoms. The zero-order chi connectivity index (χ0) is 14.3. The van der Waals surface area contributed by atoms with Crippen LogP contribution in [0.2, 0.25) is 0 Å². The Kier molecular flexibility index (Phi) is 7.37. The molecule has 0 fully saturated rings. The van der Waals surface area contributed by atoms with E-state index in [1.165, 1.54) is 5.56 Å². The molecule has 3 nitrogen and oxygen atoms in total. The molecule has 0 aliphatic carbocycles. The lowest BCUT2D eigenvalue weighted by atomic mass is 9.97. The molecule has 0 heterocycles. The molecule has 0 aliphatic heterocycles. The van der Waals surface area contributed by atoms with Gasteiger partial charge in [-0.2, -0.15) is 0 Å². The van der Waals surface area contributed by atoms with Gasteiger partial charge >= 0.3 is 8.60 Å². The van der Waals surface area contributed by atoms with Crippen molar-refractivity contribution >= 4 is 8.60 Å². The van der Waals surface area contributed by atoms with Crippen LogP contribution in [0.4, 0.5) is 0 Å². The minimum absolute atomic E-state index is 0.698. The fraction of sp³-hybridized carbons (Fsp3) is 0.600. The van der Waals surface area contributed by atoms with Crippen LogP contribution in [0.15, 0.2) is 12.1 Å². The summed E-state index contributed by atoms with van der Waals surface area (Å²) in [5, 5.41) is 0. The van der Waals surface area contributed by atoms with Crippen LogP contribution >= 0.6 is 8.60 Å². The number of benzene rings is 1. The van der Waals surface area contributed by atoms with E-state index in [1.54, 1.807) is 0 Å². The van der Waals surface area contributed by atoms with E-state index in [1.807, 2.05) is 0 Å². The first kappa shape index (κ1) is 16.4. The first-order valence-corrected chi connectivity index (χ1v) is 8.23. The van der Waals surface area contributed by atoms with Crippen molar-refractivity contribution in [2.45, 2.75) is 59.3 Å². The average Bonchev–Trinajstić information content (AvgIpc) is 2.36. The van der Waals surface area contributed by atoms with Gasteiger partial charge in [0.2, 0.25) is 0 Å². The van der Waals surface area contributed by atoms with E-state index in [0.29, 0.717) is 5.75 Å². The summed E-state index contributed by atoms with van der Waals surface area (Å²) >= 11 is 0. The number of unbranched alkanes of at least 4 members (excludes halogenated alkanes) is 2. The van der Waals surface area contributed by atoms with E-state index < -0.39 is 8.60 Å². The van der Waals surface area contributed by atoms with Crippen molar-refractivity contribution in [2.24, 2.45) is 0 Å². The maximum Gasteiger partial charge on any atom is 0.391 e. The third-order valence-electron chi connectivity index (χ3n) is 3.16. The van der Waals surface area contributed by atoms with Gasteiger partial charge in [-0.25, -0.2) is 0 Å². The van der Waals surface area contributed by atoms with Crippen molar-refractivity contribution < 1.29 is 14.3 Å². The maximum atomic E-state index is 9.17. The molecule has 0 aromatic heterocycles. The Morgan fingerprint density at radius 1 is 1.00 bits per heavy atom. The SMILES string of the molecule is CCCCc1cc(C)cc(CCCC)c1OP(O)O. The van der Waals surface area contributed by atoms with E-state index in [4.69, 9.17) is 4.52 Å². The van der Waals surface area contributed by atoms with Crippen LogP contribution in [0.25, 0.3) is 0 Å². The van der Waals surface area contributed by atoms with Gasteiger partial charge in [0.15, 0.2) is 0 Å². The van der Waals surface area contributed by atoms with Crippen molar-refractivity contribution in [2.75, 3.05) is 0 Å². The maximum absolute atomic E-state index is 9.17. The van der Waals surface area contributed by atoms with Crippen molar-refractivity contribution in [1.29, 1.82) is 0 Å². The highest BCUT2D eigenvalue weighted by molar-refractivity contribution is 7.39. The monoisotopic (exact) mass is 284 g/mol. The highest BCUT2D eigenvalue weighted by Gasteiger charge is 2.14. The van der Waals surface area contributed by atoms with Crippen LogP contribution in [0.3, 0.4) is 0 Å².